The molecule has 0 aromatic carbocycles. The molecule has 0 unspecified atom stereocenters. The first-order valence-electron chi connectivity index (χ1n) is 8.07. The van der Waals surface area contributed by atoms with Gasteiger partial charge in [0.25, 0.3) is 0 Å². The molecular formula is C17H27NO3. The zero-order valence-corrected chi connectivity index (χ0v) is 13.2. The number of hydrogen-bond acceptors (Lipinski definition) is 3. The lowest BCUT2D eigenvalue weighted by Gasteiger charge is -2.05. The number of hydrogen-bond donors (Lipinski definition) is 1. The lowest BCUT2D eigenvalue weighted by molar-refractivity contribution is 0.0524. The molecule has 0 saturated carbocycles. The van der Waals surface area contributed by atoms with Crippen LogP contribution in [0.3, 0.4) is 0 Å². The van der Waals surface area contributed by atoms with Crippen LogP contribution in [0.5, 0.6) is 0 Å². The van der Waals surface area contributed by atoms with Crippen molar-refractivity contribution in [3.05, 3.63) is 33.7 Å². The zero-order valence-electron chi connectivity index (χ0n) is 13.2. The van der Waals surface area contributed by atoms with Gasteiger partial charge in [0.15, 0.2) is 5.43 Å². The second kappa shape index (κ2) is 10.2. The first kappa shape index (κ1) is 17.5. The van der Waals surface area contributed by atoms with Crippen LogP contribution in [0.2, 0.25) is 0 Å². The maximum Gasteiger partial charge on any atom is 0.343 e. The second-order valence-electron chi connectivity index (χ2n) is 5.32. The largest absolute Gasteiger partial charge is 0.462 e. The van der Waals surface area contributed by atoms with Gasteiger partial charge in [-0.05, 0) is 19.8 Å². The van der Waals surface area contributed by atoms with Gasteiger partial charge in [0.05, 0.1) is 6.61 Å². The van der Waals surface area contributed by atoms with E-state index in [2.05, 4.69) is 11.9 Å². The molecular weight excluding hydrogens is 266 g/mol. The monoisotopic (exact) mass is 293 g/mol. The van der Waals surface area contributed by atoms with E-state index in [9.17, 15) is 9.59 Å². The van der Waals surface area contributed by atoms with Crippen LogP contribution in [0, 0.1) is 0 Å². The zero-order chi connectivity index (χ0) is 15.5. The maximum atomic E-state index is 12.2. The van der Waals surface area contributed by atoms with Crippen LogP contribution in [0.15, 0.2) is 17.2 Å². The van der Waals surface area contributed by atoms with E-state index in [1.807, 2.05) is 0 Å². The van der Waals surface area contributed by atoms with Crippen molar-refractivity contribution in [2.24, 2.45) is 0 Å². The Kier molecular flexibility index (Phi) is 8.48. The molecule has 1 N–H and O–H groups in total. The average Bonchev–Trinajstić information content (AvgIpc) is 2.48. The molecule has 0 aliphatic rings. The number of pyridine rings is 1. The molecule has 1 heterocycles. The van der Waals surface area contributed by atoms with Crippen LogP contribution in [0.1, 0.15) is 74.7 Å². The summed E-state index contributed by atoms with van der Waals surface area (Å²) in [6.07, 6.45) is 12.3. The van der Waals surface area contributed by atoms with Gasteiger partial charge in [0, 0.05) is 18.0 Å². The lowest BCUT2D eigenvalue weighted by atomic mass is 10.0. The molecule has 4 nitrogen and oxygen atoms in total. The lowest BCUT2D eigenvalue weighted by Crippen LogP contribution is -2.21. The molecule has 0 aliphatic heterocycles. The fourth-order valence-corrected chi connectivity index (χ4v) is 2.35. The highest BCUT2D eigenvalue weighted by molar-refractivity contribution is 5.89. The average molecular weight is 293 g/mol. The van der Waals surface area contributed by atoms with Gasteiger partial charge in [-0.3, -0.25) is 4.79 Å². The number of unbranched alkanes of at least 4 members (excludes halogenated alkanes) is 6. The number of ether oxygens (including phenoxy) is 1. The molecule has 1 rings (SSSR count). The highest BCUT2D eigenvalue weighted by atomic mass is 16.5. The van der Waals surface area contributed by atoms with Gasteiger partial charge in [-0.1, -0.05) is 45.4 Å². The number of esters is 1. The Hall–Kier alpha value is -1.58. The van der Waals surface area contributed by atoms with Crippen molar-refractivity contribution < 1.29 is 9.53 Å². The van der Waals surface area contributed by atoms with Crippen LogP contribution in [-0.4, -0.2) is 17.6 Å². The molecule has 21 heavy (non-hydrogen) atoms. The van der Waals surface area contributed by atoms with Gasteiger partial charge in [-0.2, -0.15) is 0 Å². The summed E-state index contributed by atoms with van der Waals surface area (Å²) in [5.74, 6) is -0.542. The van der Waals surface area contributed by atoms with Gasteiger partial charge < -0.3 is 9.72 Å². The van der Waals surface area contributed by atoms with Crippen LogP contribution < -0.4 is 5.43 Å². The molecule has 0 saturated heterocycles. The summed E-state index contributed by atoms with van der Waals surface area (Å²) < 4.78 is 4.89. The number of carbonyl (C=O) groups is 1. The smallest absolute Gasteiger partial charge is 0.343 e. The van der Waals surface area contributed by atoms with Gasteiger partial charge in [0.2, 0.25) is 0 Å². The van der Waals surface area contributed by atoms with E-state index in [1.54, 1.807) is 13.1 Å². The highest BCUT2D eigenvalue weighted by Gasteiger charge is 2.13. The molecule has 0 fully saturated rings. The SMILES string of the molecule is CCCCCCCCCc1c[nH]cc(C(=O)OCC)c1=O. The number of carbonyl (C=O) groups excluding carboxylic acids is 1. The van der Waals surface area contributed by atoms with E-state index in [0.29, 0.717) is 5.56 Å². The van der Waals surface area contributed by atoms with Gasteiger partial charge in [0.1, 0.15) is 5.56 Å². The summed E-state index contributed by atoms with van der Waals surface area (Å²) in [6, 6.07) is 0. The Bertz CT molecular complexity index is 479. The van der Waals surface area contributed by atoms with E-state index < -0.39 is 5.97 Å². The van der Waals surface area contributed by atoms with Crippen molar-refractivity contribution in [2.75, 3.05) is 6.61 Å². The Morgan fingerprint density at radius 2 is 1.71 bits per heavy atom. The normalized spacial score (nSPS) is 10.6. The topological polar surface area (TPSA) is 59.2 Å². The third-order valence-corrected chi connectivity index (χ3v) is 3.57. The summed E-state index contributed by atoms with van der Waals surface area (Å²) in [4.78, 5) is 26.7. The Balaban J connectivity index is 2.44. The molecule has 118 valence electrons. The quantitative estimate of drug-likeness (QED) is 0.526. The number of rotatable bonds is 10. The molecule has 1 aromatic heterocycles. The summed E-state index contributed by atoms with van der Waals surface area (Å²) in [5.41, 5.74) is 0.588. The van der Waals surface area contributed by atoms with E-state index >= 15 is 0 Å². The predicted molar refractivity (Wildman–Crippen MR) is 84.7 cm³/mol. The van der Waals surface area contributed by atoms with Gasteiger partial charge >= 0.3 is 5.97 Å². The molecule has 0 amide bonds. The maximum absolute atomic E-state index is 12.2. The summed E-state index contributed by atoms with van der Waals surface area (Å²) in [7, 11) is 0. The van der Waals surface area contributed by atoms with Crippen molar-refractivity contribution in [1.29, 1.82) is 0 Å². The number of aromatic nitrogens is 1. The Morgan fingerprint density at radius 3 is 2.38 bits per heavy atom. The molecule has 4 heteroatoms. The fourth-order valence-electron chi connectivity index (χ4n) is 2.35. The highest BCUT2D eigenvalue weighted by Crippen LogP contribution is 2.09. The molecule has 0 radical (unpaired) electrons. The van der Waals surface area contributed by atoms with Crippen LogP contribution in [0.4, 0.5) is 0 Å². The van der Waals surface area contributed by atoms with Crippen molar-refractivity contribution in [2.45, 2.75) is 65.2 Å². The molecule has 0 spiro atoms. The second-order valence-corrected chi connectivity index (χ2v) is 5.32. The number of aromatic amines is 1. The van der Waals surface area contributed by atoms with Crippen molar-refractivity contribution in [1.82, 2.24) is 4.98 Å². The molecule has 1 aromatic rings. The van der Waals surface area contributed by atoms with Crippen LogP contribution >= 0.6 is 0 Å². The minimum absolute atomic E-state index is 0.109. The summed E-state index contributed by atoms with van der Waals surface area (Å²) >= 11 is 0. The van der Waals surface area contributed by atoms with E-state index in [4.69, 9.17) is 4.74 Å². The van der Waals surface area contributed by atoms with Gasteiger partial charge in [-0.15, -0.1) is 0 Å². The third kappa shape index (κ3) is 6.15. The molecule has 0 bridgehead atoms. The van der Waals surface area contributed by atoms with Crippen molar-refractivity contribution in [3.63, 3.8) is 0 Å². The van der Waals surface area contributed by atoms with E-state index in [-0.39, 0.29) is 17.6 Å². The first-order valence-corrected chi connectivity index (χ1v) is 8.07. The summed E-state index contributed by atoms with van der Waals surface area (Å²) in [6.45, 7) is 4.22. The van der Waals surface area contributed by atoms with E-state index in [1.165, 1.54) is 38.3 Å². The molecule has 0 aliphatic carbocycles. The third-order valence-electron chi connectivity index (χ3n) is 3.57. The van der Waals surface area contributed by atoms with Crippen LogP contribution in [0.25, 0.3) is 0 Å². The number of aryl methyl sites for hydroxylation is 1. The minimum Gasteiger partial charge on any atom is -0.462 e. The standard InChI is InChI=1S/C17H27NO3/c1-3-5-6-7-8-9-10-11-14-12-18-13-15(16(14)19)17(20)21-4-2/h12-13H,3-11H2,1-2H3,(H,18,19). The van der Waals surface area contributed by atoms with E-state index in [0.717, 1.165) is 19.3 Å². The van der Waals surface area contributed by atoms with Crippen molar-refractivity contribution >= 4 is 5.97 Å². The fraction of sp³-hybridized carbons (Fsp3) is 0.647. The molecule has 0 atom stereocenters. The first-order chi connectivity index (χ1) is 10.2. The number of nitrogens with one attached hydrogen (secondary N) is 1. The van der Waals surface area contributed by atoms with Crippen LogP contribution in [-0.2, 0) is 11.2 Å². The van der Waals surface area contributed by atoms with Gasteiger partial charge in [-0.25, -0.2) is 4.79 Å². The number of H-pyrrole nitrogens is 1. The summed E-state index contributed by atoms with van der Waals surface area (Å²) in [5, 5.41) is 0. The Labute approximate surface area is 126 Å². The predicted octanol–water partition coefficient (Wildman–Crippen LogP) is 3.84. The minimum atomic E-state index is -0.542. The Morgan fingerprint density at radius 1 is 1.05 bits per heavy atom. The van der Waals surface area contributed by atoms with Crippen molar-refractivity contribution in [3.8, 4) is 0 Å².